The number of carbonyl (C=O) groups is 2. The highest BCUT2D eigenvalue weighted by atomic mass is 16.5. The summed E-state index contributed by atoms with van der Waals surface area (Å²) < 4.78 is 11.1. The summed E-state index contributed by atoms with van der Waals surface area (Å²) in [7, 11) is 0. The van der Waals surface area contributed by atoms with E-state index in [9.17, 15) is 9.59 Å². The zero-order valence-corrected chi connectivity index (χ0v) is 18.3. The first-order chi connectivity index (χ1) is 14.5. The molecule has 3 atom stereocenters. The molecule has 7 heteroatoms. The van der Waals surface area contributed by atoms with Gasteiger partial charge < -0.3 is 19.0 Å². The number of piperidine rings is 2. The maximum atomic E-state index is 13.3. The first-order valence-electron chi connectivity index (χ1n) is 11.5. The lowest BCUT2D eigenvalue weighted by Gasteiger charge is -2.41. The Morgan fingerprint density at radius 2 is 1.77 bits per heavy atom. The molecule has 3 aliphatic heterocycles. The number of hydrogen-bond donors (Lipinski definition) is 0. The van der Waals surface area contributed by atoms with Gasteiger partial charge in [-0.25, -0.2) is 0 Å². The quantitative estimate of drug-likeness (QED) is 0.754. The zero-order valence-electron chi connectivity index (χ0n) is 18.3. The number of likely N-dealkylation sites (tertiary alicyclic amines) is 2. The van der Waals surface area contributed by atoms with Crippen LogP contribution in [0.4, 0.5) is 0 Å². The van der Waals surface area contributed by atoms with Crippen LogP contribution in [0.5, 0.6) is 0 Å². The van der Waals surface area contributed by atoms with Gasteiger partial charge in [0.1, 0.15) is 6.04 Å². The number of amides is 2. The predicted molar refractivity (Wildman–Crippen MR) is 113 cm³/mol. The Morgan fingerprint density at radius 3 is 2.43 bits per heavy atom. The Bertz CT molecular complexity index is 704. The van der Waals surface area contributed by atoms with Crippen molar-refractivity contribution < 1.29 is 18.7 Å². The van der Waals surface area contributed by atoms with Crippen LogP contribution in [0.15, 0.2) is 22.8 Å². The highest BCUT2D eigenvalue weighted by molar-refractivity contribution is 5.95. The summed E-state index contributed by atoms with van der Waals surface area (Å²) in [5, 5.41) is 0. The van der Waals surface area contributed by atoms with Crippen molar-refractivity contribution in [3.05, 3.63) is 24.2 Å². The maximum Gasteiger partial charge on any atom is 0.290 e. The first kappa shape index (κ1) is 21.4. The molecule has 1 aromatic rings. The lowest BCUT2D eigenvalue weighted by molar-refractivity contribution is -0.138. The number of furan rings is 1. The molecule has 3 fully saturated rings. The number of ether oxygens (including phenoxy) is 1. The van der Waals surface area contributed by atoms with Crippen molar-refractivity contribution in [2.75, 3.05) is 39.3 Å². The number of rotatable bonds is 4. The third-order valence-corrected chi connectivity index (χ3v) is 6.72. The van der Waals surface area contributed by atoms with E-state index in [-0.39, 0.29) is 17.9 Å². The third kappa shape index (κ3) is 4.89. The van der Waals surface area contributed by atoms with E-state index in [1.54, 1.807) is 17.0 Å². The van der Waals surface area contributed by atoms with E-state index in [0.29, 0.717) is 30.4 Å². The molecule has 0 N–H and O–H groups in total. The van der Waals surface area contributed by atoms with Crippen LogP contribution < -0.4 is 0 Å². The van der Waals surface area contributed by atoms with Gasteiger partial charge in [-0.2, -0.15) is 0 Å². The van der Waals surface area contributed by atoms with E-state index < -0.39 is 0 Å². The van der Waals surface area contributed by atoms with Gasteiger partial charge in [-0.3, -0.25) is 14.5 Å². The van der Waals surface area contributed by atoms with Crippen LogP contribution in [0.2, 0.25) is 0 Å². The molecule has 3 saturated heterocycles. The predicted octanol–water partition coefficient (Wildman–Crippen LogP) is 2.62. The van der Waals surface area contributed by atoms with Crippen molar-refractivity contribution >= 4 is 11.8 Å². The fourth-order valence-corrected chi connectivity index (χ4v) is 5.32. The van der Waals surface area contributed by atoms with Crippen LogP contribution in [0.3, 0.4) is 0 Å². The van der Waals surface area contributed by atoms with Gasteiger partial charge in [0, 0.05) is 39.3 Å². The minimum Gasteiger partial charge on any atom is -0.459 e. The summed E-state index contributed by atoms with van der Waals surface area (Å²) >= 11 is 0. The van der Waals surface area contributed by atoms with Gasteiger partial charge in [-0.15, -0.1) is 0 Å². The number of hydrogen-bond acceptors (Lipinski definition) is 5. The Labute approximate surface area is 179 Å². The van der Waals surface area contributed by atoms with Crippen LogP contribution in [0.1, 0.15) is 56.5 Å². The molecule has 2 amide bonds. The van der Waals surface area contributed by atoms with Crippen LogP contribution >= 0.6 is 0 Å². The van der Waals surface area contributed by atoms with E-state index in [1.165, 1.54) is 6.26 Å². The second-order valence-electron chi connectivity index (χ2n) is 9.23. The molecule has 3 unspecified atom stereocenters. The smallest absolute Gasteiger partial charge is 0.290 e. The molecule has 7 nitrogen and oxygen atoms in total. The second-order valence-corrected chi connectivity index (χ2v) is 9.23. The van der Waals surface area contributed by atoms with Crippen molar-refractivity contribution in [3.8, 4) is 0 Å². The molecule has 4 heterocycles. The Kier molecular flexibility index (Phi) is 6.78. The van der Waals surface area contributed by atoms with Crippen LogP contribution in [0.25, 0.3) is 0 Å². The van der Waals surface area contributed by atoms with Gasteiger partial charge in [-0.05, 0) is 64.0 Å². The second kappa shape index (κ2) is 9.52. The lowest BCUT2D eigenvalue weighted by Crippen LogP contribution is -2.55. The Hall–Kier alpha value is -1.86. The van der Waals surface area contributed by atoms with Gasteiger partial charge in [0.05, 0.1) is 18.5 Å². The number of carbonyl (C=O) groups excluding carboxylic acids is 2. The lowest BCUT2D eigenvalue weighted by atomic mass is 9.94. The van der Waals surface area contributed by atoms with Crippen LogP contribution in [0, 0.1) is 5.92 Å². The summed E-state index contributed by atoms with van der Waals surface area (Å²) in [5.74, 6) is 0.895. The van der Waals surface area contributed by atoms with E-state index in [1.807, 2.05) is 4.90 Å². The zero-order chi connectivity index (χ0) is 21.1. The first-order valence-corrected chi connectivity index (χ1v) is 11.5. The molecule has 0 spiro atoms. The molecule has 0 saturated carbocycles. The highest BCUT2D eigenvalue weighted by Gasteiger charge is 2.37. The molecule has 3 aliphatic rings. The minimum absolute atomic E-state index is 0.113. The minimum atomic E-state index is -0.353. The highest BCUT2D eigenvalue weighted by Crippen LogP contribution is 2.25. The van der Waals surface area contributed by atoms with E-state index in [4.69, 9.17) is 9.15 Å². The fourth-order valence-electron chi connectivity index (χ4n) is 5.32. The maximum absolute atomic E-state index is 13.3. The summed E-state index contributed by atoms with van der Waals surface area (Å²) in [6, 6.07) is 3.04. The third-order valence-electron chi connectivity index (χ3n) is 6.72. The van der Waals surface area contributed by atoms with Gasteiger partial charge in [0.2, 0.25) is 5.91 Å². The van der Waals surface area contributed by atoms with Crippen molar-refractivity contribution in [1.82, 2.24) is 14.7 Å². The topological polar surface area (TPSA) is 66.2 Å². The van der Waals surface area contributed by atoms with Crippen molar-refractivity contribution in [3.63, 3.8) is 0 Å². The molecule has 0 aromatic carbocycles. The molecule has 0 aliphatic carbocycles. The Balaban J connectivity index is 1.31. The Morgan fingerprint density at radius 1 is 1.03 bits per heavy atom. The molecule has 1 aromatic heterocycles. The van der Waals surface area contributed by atoms with E-state index >= 15 is 0 Å². The SMILES string of the molecule is CC1CN(CC2CCN(C(=O)C3CCCCN3C(=O)c3ccco3)CC2)CC(C)O1. The van der Waals surface area contributed by atoms with Crippen molar-refractivity contribution in [2.45, 2.75) is 64.2 Å². The molecular formula is C23H35N3O4. The largest absolute Gasteiger partial charge is 0.459 e. The van der Waals surface area contributed by atoms with E-state index in [2.05, 4.69) is 18.7 Å². The summed E-state index contributed by atoms with van der Waals surface area (Å²) in [6.45, 7) is 9.57. The number of morpholine rings is 1. The van der Waals surface area contributed by atoms with Crippen molar-refractivity contribution in [1.29, 1.82) is 0 Å². The van der Waals surface area contributed by atoms with Crippen LogP contribution in [-0.2, 0) is 9.53 Å². The molecular weight excluding hydrogens is 382 g/mol. The summed E-state index contributed by atoms with van der Waals surface area (Å²) in [4.78, 5) is 32.4. The number of nitrogens with zero attached hydrogens (tertiary/aromatic N) is 3. The monoisotopic (exact) mass is 417 g/mol. The van der Waals surface area contributed by atoms with Gasteiger partial charge in [0.15, 0.2) is 5.76 Å². The standard InChI is InChI=1S/C23H35N3O4/c1-17-14-24(15-18(2)30-17)16-19-8-11-25(12-9-19)22(27)20-6-3-4-10-26(20)23(28)21-7-5-13-29-21/h5,7,13,17-20H,3-4,6,8-12,14-16H2,1-2H3. The molecule has 30 heavy (non-hydrogen) atoms. The molecule has 0 radical (unpaired) electrons. The van der Waals surface area contributed by atoms with E-state index in [0.717, 1.165) is 64.8 Å². The summed E-state index contributed by atoms with van der Waals surface area (Å²) in [5.41, 5.74) is 0. The molecule has 4 rings (SSSR count). The fraction of sp³-hybridized carbons (Fsp3) is 0.739. The summed E-state index contributed by atoms with van der Waals surface area (Å²) in [6.07, 6.45) is 6.83. The molecule has 0 bridgehead atoms. The average molecular weight is 418 g/mol. The van der Waals surface area contributed by atoms with Gasteiger partial charge >= 0.3 is 0 Å². The van der Waals surface area contributed by atoms with Gasteiger partial charge in [-0.1, -0.05) is 0 Å². The van der Waals surface area contributed by atoms with Crippen LogP contribution in [-0.4, -0.2) is 84.0 Å². The van der Waals surface area contributed by atoms with Gasteiger partial charge in [0.25, 0.3) is 5.91 Å². The molecule has 166 valence electrons. The average Bonchev–Trinajstić information content (AvgIpc) is 3.27. The van der Waals surface area contributed by atoms with Crippen molar-refractivity contribution in [2.24, 2.45) is 5.92 Å². The normalized spacial score (nSPS) is 29.2.